The normalized spacial score (nSPS) is 9.80. The van der Waals surface area contributed by atoms with Gasteiger partial charge < -0.3 is 0 Å². The van der Waals surface area contributed by atoms with E-state index < -0.39 is 0 Å². The van der Waals surface area contributed by atoms with Crippen LogP contribution in [0, 0.1) is 0 Å². The summed E-state index contributed by atoms with van der Waals surface area (Å²) >= 11 is 5.57. The smallest absolute Gasteiger partial charge is 0.0430 e. The van der Waals surface area contributed by atoms with E-state index in [-0.39, 0.29) is 0 Å². The Kier molecular flexibility index (Phi) is 7.16. The van der Waals surface area contributed by atoms with Crippen molar-refractivity contribution in [3.8, 4) is 0 Å². The van der Waals surface area contributed by atoms with Crippen LogP contribution >= 0.6 is 11.6 Å². The number of alkyl halides is 1. The minimum absolute atomic E-state index is 0.631. The molecule has 0 aliphatic carbocycles. The Morgan fingerprint density at radius 1 is 1.30 bits per heavy atom. The summed E-state index contributed by atoms with van der Waals surface area (Å²) in [6, 6.07) is 0. The Labute approximate surface area is 69.3 Å². The van der Waals surface area contributed by atoms with Crippen LogP contribution in [0.25, 0.3) is 0 Å². The Hall–Kier alpha value is 0.0300. The second-order valence-corrected chi connectivity index (χ2v) is 2.96. The molecule has 0 unspecified atom stereocenters. The molecule has 0 spiro atoms. The fourth-order valence-corrected chi connectivity index (χ4v) is 1.00. The van der Waals surface area contributed by atoms with Crippen LogP contribution in [-0.4, -0.2) is 5.88 Å². The van der Waals surface area contributed by atoms with E-state index in [1.807, 2.05) is 0 Å². The summed E-state index contributed by atoms with van der Waals surface area (Å²) in [5, 5.41) is 0. The van der Waals surface area contributed by atoms with Crippen molar-refractivity contribution < 1.29 is 0 Å². The second-order valence-electron chi connectivity index (χ2n) is 2.69. The highest BCUT2D eigenvalue weighted by Crippen LogP contribution is 2.08. The summed E-state index contributed by atoms with van der Waals surface area (Å²) in [5.74, 6) is 0.631. The zero-order valence-electron chi connectivity index (χ0n) is 6.83. The van der Waals surface area contributed by atoms with Crippen LogP contribution in [0.4, 0.5) is 0 Å². The van der Waals surface area contributed by atoms with Crippen LogP contribution in [0.15, 0.2) is 12.2 Å². The largest absolute Gasteiger partial charge is 0.122 e. The van der Waals surface area contributed by atoms with E-state index in [9.17, 15) is 0 Å². The highest BCUT2D eigenvalue weighted by Gasteiger charge is 1.91. The molecule has 0 aliphatic rings. The minimum atomic E-state index is 0.631. The molecule has 0 amide bonds. The van der Waals surface area contributed by atoms with Crippen LogP contribution in [0.3, 0.4) is 0 Å². The molecule has 0 aromatic heterocycles. The zero-order chi connectivity index (χ0) is 7.82. The van der Waals surface area contributed by atoms with Crippen LogP contribution < -0.4 is 0 Å². The first-order chi connectivity index (χ1) is 4.81. The molecule has 0 fully saturated rings. The zero-order valence-corrected chi connectivity index (χ0v) is 7.58. The van der Waals surface area contributed by atoms with Gasteiger partial charge >= 0.3 is 0 Å². The molecule has 0 nitrogen and oxygen atoms in total. The van der Waals surface area contributed by atoms with E-state index >= 15 is 0 Å². The van der Waals surface area contributed by atoms with E-state index in [1.54, 1.807) is 0 Å². The average molecular weight is 161 g/mol. The number of unbranched alkanes of at least 4 members (excludes halogenated alkanes) is 3. The highest BCUT2D eigenvalue weighted by atomic mass is 35.5. The van der Waals surface area contributed by atoms with Gasteiger partial charge in [-0.3, -0.25) is 0 Å². The maximum Gasteiger partial charge on any atom is 0.0430 e. The minimum Gasteiger partial charge on any atom is -0.122 e. The Morgan fingerprint density at radius 3 is 2.50 bits per heavy atom. The Morgan fingerprint density at radius 2 is 2.00 bits per heavy atom. The van der Waals surface area contributed by atoms with Crippen molar-refractivity contribution in [2.75, 3.05) is 5.88 Å². The van der Waals surface area contributed by atoms with Gasteiger partial charge in [-0.05, 0) is 12.8 Å². The Balaban J connectivity index is 2.96. The van der Waals surface area contributed by atoms with Crippen molar-refractivity contribution in [3.63, 3.8) is 0 Å². The lowest BCUT2D eigenvalue weighted by Crippen LogP contribution is -1.83. The van der Waals surface area contributed by atoms with Crippen molar-refractivity contribution in [1.29, 1.82) is 0 Å². The van der Waals surface area contributed by atoms with E-state index in [1.165, 1.54) is 31.3 Å². The lowest BCUT2D eigenvalue weighted by atomic mass is 10.1. The summed E-state index contributed by atoms with van der Waals surface area (Å²) in [5.41, 5.74) is 1.18. The topological polar surface area (TPSA) is 0 Å². The molecule has 0 atom stereocenters. The van der Waals surface area contributed by atoms with Crippen molar-refractivity contribution in [2.24, 2.45) is 0 Å². The fraction of sp³-hybridized carbons (Fsp3) is 0.778. The van der Waals surface area contributed by atoms with Gasteiger partial charge in [-0.25, -0.2) is 0 Å². The number of rotatable bonds is 6. The molecule has 0 rings (SSSR count). The summed E-state index contributed by atoms with van der Waals surface area (Å²) in [7, 11) is 0. The highest BCUT2D eigenvalue weighted by molar-refractivity contribution is 6.19. The summed E-state index contributed by atoms with van der Waals surface area (Å²) in [6.45, 7) is 6.06. The van der Waals surface area contributed by atoms with Gasteiger partial charge in [-0.15, -0.1) is 11.6 Å². The van der Waals surface area contributed by atoms with E-state index in [0.29, 0.717) is 5.88 Å². The van der Waals surface area contributed by atoms with Crippen LogP contribution in [0.2, 0.25) is 0 Å². The standard InChI is InChI=1S/C9H17Cl/c1-3-4-5-6-7-9(2)8-10/h2-8H2,1H3. The molecule has 10 heavy (non-hydrogen) atoms. The lowest BCUT2D eigenvalue weighted by Gasteiger charge is -1.99. The molecule has 0 saturated heterocycles. The summed E-state index contributed by atoms with van der Waals surface area (Å²) in [4.78, 5) is 0. The first-order valence-corrected chi connectivity index (χ1v) is 4.57. The fourth-order valence-electron chi connectivity index (χ4n) is 0.869. The SMILES string of the molecule is C=C(CCl)CCCCCC. The third kappa shape index (κ3) is 6.15. The maximum absolute atomic E-state index is 5.57. The van der Waals surface area contributed by atoms with Crippen molar-refractivity contribution in [1.82, 2.24) is 0 Å². The van der Waals surface area contributed by atoms with Crippen LogP contribution in [0.1, 0.15) is 39.0 Å². The molecule has 0 bridgehead atoms. The second kappa shape index (κ2) is 7.14. The summed E-state index contributed by atoms with van der Waals surface area (Å²) < 4.78 is 0. The van der Waals surface area contributed by atoms with Gasteiger partial charge in [-0.1, -0.05) is 38.3 Å². The van der Waals surface area contributed by atoms with Gasteiger partial charge in [0.15, 0.2) is 0 Å². The molecule has 0 radical (unpaired) electrons. The molecule has 0 N–H and O–H groups in total. The number of hydrogen-bond acceptors (Lipinski definition) is 0. The predicted molar refractivity (Wildman–Crippen MR) is 48.6 cm³/mol. The first kappa shape index (κ1) is 10.0. The molecule has 0 aromatic carbocycles. The van der Waals surface area contributed by atoms with E-state index in [0.717, 1.165) is 6.42 Å². The monoisotopic (exact) mass is 160 g/mol. The lowest BCUT2D eigenvalue weighted by molar-refractivity contribution is 0.665. The summed E-state index contributed by atoms with van der Waals surface area (Å²) in [6.07, 6.45) is 6.35. The average Bonchev–Trinajstić information content (AvgIpc) is 1.98. The van der Waals surface area contributed by atoms with Gasteiger partial charge in [0.25, 0.3) is 0 Å². The third-order valence-corrected chi connectivity index (χ3v) is 1.95. The maximum atomic E-state index is 5.57. The third-order valence-electron chi connectivity index (χ3n) is 1.57. The Bertz CT molecular complexity index is 86.7. The molecule has 60 valence electrons. The van der Waals surface area contributed by atoms with Gasteiger partial charge in [0.05, 0.1) is 0 Å². The van der Waals surface area contributed by atoms with Gasteiger partial charge in [0.2, 0.25) is 0 Å². The van der Waals surface area contributed by atoms with E-state index in [2.05, 4.69) is 13.5 Å². The molecule has 1 heteroatoms. The molecular weight excluding hydrogens is 144 g/mol. The van der Waals surface area contributed by atoms with Crippen LogP contribution in [0.5, 0.6) is 0 Å². The van der Waals surface area contributed by atoms with Crippen molar-refractivity contribution in [2.45, 2.75) is 39.0 Å². The van der Waals surface area contributed by atoms with Crippen molar-refractivity contribution >= 4 is 11.6 Å². The number of allylic oxidation sites excluding steroid dienone is 1. The van der Waals surface area contributed by atoms with Gasteiger partial charge in [0.1, 0.15) is 0 Å². The quantitative estimate of drug-likeness (QED) is 0.316. The van der Waals surface area contributed by atoms with Crippen molar-refractivity contribution in [3.05, 3.63) is 12.2 Å². The molecule has 0 saturated carbocycles. The number of hydrogen-bond donors (Lipinski definition) is 0. The molecule has 0 heterocycles. The predicted octanol–water partition coefficient (Wildman–Crippen LogP) is 3.75. The van der Waals surface area contributed by atoms with Gasteiger partial charge in [-0.2, -0.15) is 0 Å². The first-order valence-electron chi connectivity index (χ1n) is 4.04. The molecule has 0 aliphatic heterocycles. The molecule has 0 aromatic rings. The van der Waals surface area contributed by atoms with Gasteiger partial charge in [0, 0.05) is 5.88 Å². The van der Waals surface area contributed by atoms with Crippen LogP contribution in [-0.2, 0) is 0 Å². The van der Waals surface area contributed by atoms with E-state index in [4.69, 9.17) is 11.6 Å². The number of halogens is 1. The molecular formula is C9H17Cl.